The first kappa shape index (κ1) is 34.4. The molecule has 0 aromatic heterocycles. The Morgan fingerprint density at radius 2 is 0.444 bits per heavy atom. The van der Waals surface area contributed by atoms with Gasteiger partial charge in [0.2, 0.25) is 0 Å². The molecular weight excluding hydrogens is 597 g/mol. The van der Waals surface area contributed by atoms with Crippen LogP contribution in [0.25, 0.3) is 0 Å². The number of alkyl halides is 23. The Kier molecular flexibility index (Phi) is 7.80. The van der Waals surface area contributed by atoms with Gasteiger partial charge in [0.05, 0.1) is 0 Å². The van der Waals surface area contributed by atoms with Gasteiger partial charge in [0.25, 0.3) is 0 Å². The number of halogens is 23. The monoisotopic (exact) mass is 600 g/mol. The predicted octanol–water partition coefficient (Wildman–Crippen LogP) is 6.89. The van der Waals surface area contributed by atoms with E-state index in [1.807, 2.05) is 0 Å². The van der Waals surface area contributed by atoms with Crippen molar-refractivity contribution in [2.45, 2.75) is 65.4 Å². The number of rotatable bonds is 10. The molecule has 0 spiro atoms. The summed E-state index contributed by atoms with van der Waals surface area (Å²) in [5, 5.41) is 7.78. The van der Waals surface area contributed by atoms with Crippen molar-refractivity contribution in [2.24, 2.45) is 0 Å². The molecule has 0 amide bonds. The van der Waals surface area contributed by atoms with E-state index in [1.165, 1.54) is 0 Å². The molecule has 0 unspecified atom stereocenters. The molecule has 0 atom stereocenters. The second-order valence-electron chi connectivity index (χ2n) is 6.53. The first-order valence-corrected chi connectivity index (χ1v) is 7.52. The Balaban J connectivity index is 7.18. The van der Waals surface area contributed by atoms with Crippen molar-refractivity contribution in [1.29, 1.82) is 0 Å². The molecule has 0 heterocycles. The van der Waals surface area contributed by atoms with Gasteiger partial charge in [0, 0.05) is 0 Å². The molecule has 0 aromatic carbocycles. The standard InChI is InChI=1S/C12H3F23O/c13-2(14,1-36)3(15,16)4(17,18)5(19,20)6(21,22)7(23,24)8(25,26)9(27,28)10(29,30)11(31,32)12(33,34)35/h36H,1H2. The molecule has 0 aliphatic carbocycles. The highest BCUT2D eigenvalue weighted by atomic mass is 19.4. The number of aliphatic hydroxyl groups is 1. The van der Waals surface area contributed by atoms with Crippen LogP contribution in [0.15, 0.2) is 0 Å². The molecule has 36 heavy (non-hydrogen) atoms. The van der Waals surface area contributed by atoms with Crippen molar-refractivity contribution in [3.05, 3.63) is 0 Å². The Labute approximate surface area is 179 Å². The van der Waals surface area contributed by atoms with E-state index in [1.54, 1.807) is 0 Å². The summed E-state index contributed by atoms with van der Waals surface area (Å²) in [6.07, 6.45) is -8.09. The molecule has 0 saturated heterocycles. The summed E-state index contributed by atoms with van der Waals surface area (Å²) < 4.78 is 297. The van der Waals surface area contributed by atoms with Gasteiger partial charge in [-0.2, -0.15) is 101 Å². The lowest BCUT2D eigenvalue weighted by Gasteiger charge is -2.45. The molecule has 0 aliphatic heterocycles. The van der Waals surface area contributed by atoms with E-state index < -0.39 is 72.0 Å². The van der Waals surface area contributed by atoms with Crippen LogP contribution in [0.1, 0.15) is 0 Å². The van der Waals surface area contributed by atoms with Crippen LogP contribution < -0.4 is 0 Å². The molecule has 1 N–H and O–H groups in total. The average molecular weight is 600 g/mol. The predicted molar refractivity (Wildman–Crippen MR) is 62.6 cm³/mol. The second kappa shape index (κ2) is 8.17. The third-order valence-electron chi connectivity index (χ3n) is 4.17. The molecule has 24 heteroatoms. The Morgan fingerprint density at radius 3 is 0.611 bits per heavy atom. The minimum absolute atomic E-state index is 3.69. The number of aliphatic hydroxyl groups excluding tert-OH is 1. The van der Waals surface area contributed by atoms with Crippen LogP contribution >= 0.6 is 0 Å². The summed E-state index contributed by atoms with van der Waals surface area (Å²) in [4.78, 5) is 0. The van der Waals surface area contributed by atoms with Crippen LogP contribution in [0.4, 0.5) is 101 Å². The van der Waals surface area contributed by atoms with Gasteiger partial charge in [0.1, 0.15) is 6.61 Å². The van der Waals surface area contributed by atoms with Crippen LogP contribution in [0.5, 0.6) is 0 Å². The lowest BCUT2D eigenvalue weighted by Crippen LogP contribution is -2.77. The highest BCUT2D eigenvalue weighted by molar-refractivity contribution is 5.18. The topological polar surface area (TPSA) is 20.2 Å². The van der Waals surface area contributed by atoms with Gasteiger partial charge in [0.15, 0.2) is 0 Å². The van der Waals surface area contributed by atoms with E-state index in [2.05, 4.69) is 0 Å². The van der Waals surface area contributed by atoms with Gasteiger partial charge in [-0.05, 0) is 0 Å². The van der Waals surface area contributed by atoms with Gasteiger partial charge < -0.3 is 5.11 Å². The van der Waals surface area contributed by atoms with Crippen LogP contribution in [0.3, 0.4) is 0 Å². The van der Waals surface area contributed by atoms with E-state index in [-0.39, 0.29) is 0 Å². The third-order valence-corrected chi connectivity index (χ3v) is 4.17. The summed E-state index contributed by atoms with van der Waals surface area (Å²) in [5.41, 5.74) is 0. The maximum Gasteiger partial charge on any atom is 0.460 e. The Bertz CT molecular complexity index is 802. The lowest BCUT2D eigenvalue weighted by molar-refractivity contribution is -0.478. The van der Waals surface area contributed by atoms with Gasteiger partial charge in [-0.3, -0.25) is 0 Å². The third kappa shape index (κ3) is 3.81. The molecule has 0 radical (unpaired) electrons. The van der Waals surface area contributed by atoms with Crippen LogP contribution in [-0.4, -0.2) is 77.1 Å². The van der Waals surface area contributed by atoms with Crippen LogP contribution in [-0.2, 0) is 0 Å². The Morgan fingerprint density at radius 1 is 0.278 bits per heavy atom. The SMILES string of the molecule is OCC(F)(F)C(F)(F)C(F)(F)C(F)(F)C(F)(F)C(F)(F)C(F)(F)C(F)(F)C(F)(F)C(F)(F)C(F)(F)F. The quantitative estimate of drug-likeness (QED) is 0.271. The fourth-order valence-corrected chi connectivity index (χ4v) is 1.89. The second-order valence-corrected chi connectivity index (χ2v) is 6.53. The molecule has 1 nitrogen and oxygen atoms in total. The van der Waals surface area contributed by atoms with Crippen molar-refractivity contribution in [1.82, 2.24) is 0 Å². The molecule has 0 saturated carbocycles. The van der Waals surface area contributed by atoms with E-state index in [4.69, 9.17) is 5.11 Å². The largest absolute Gasteiger partial charge is 0.460 e. The highest BCUT2D eigenvalue weighted by Gasteiger charge is 2.98. The molecular formula is C12H3F23O. The zero-order valence-electron chi connectivity index (χ0n) is 15.3. The van der Waals surface area contributed by atoms with Crippen LogP contribution in [0.2, 0.25) is 0 Å². The lowest BCUT2D eigenvalue weighted by atomic mass is 9.85. The van der Waals surface area contributed by atoms with E-state index in [0.29, 0.717) is 0 Å². The normalized spacial score (nSPS) is 17.0. The Hall–Kier alpha value is -1.65. The van der Waals surface area contributed by atoms with Gasteiger partial charge in [-0.1, -0.05) is 0 Å². The van der Waals surface area contributed by atoms with Crippen molar-refractivity contribution in [2.75, 3.05) is 6.61 Å². The first-order valence-electron chi connectivity index (χ1n) is 7.52. The summed E-state index contributed by atoms with van der Waals surface area (Å²) >= 11 is 0. The van der Waals surface area contributed by atoms with Crippen molar-refractivity contribution in [3.8, 4) is 0 Å². The van der Waals surface area contributed by atoms with Gasteiger partial charge >= 0.3 is 65.4 Å². The maximum atomic E-state index is 13.4. The zero-order valence-corrected chi connectivity index (χ0v) is 15.3. The number of hydrogen-bond donors (Lipinski definition) is 1. The van der Waals surface area contributed by atoms with E-state index in [0.717, 1.165) is 0 Å². The molecule has 0 bridgehead atoms. The maximum absolute atomic E-state index is 13.4. The summed E-state index contributed by atoms with van der Waals surface area (Å²) in [7, 11) is 0. The fraction of sp³-hybridized carbons (Fsp3) is 1.00. The van der Waals surface area contributed by atoms with Crippen molar-refractivity contribution in [3.63, 3.8) is 0 Å². The average Bonchev–Trinajstić information content (AvgIpc) is 2.65. The first-order chi connectivity index (χ1) is 15.1. The molecule has 0 aromatic rings. The summed E-state index contributed by atoms with van der Waals surface area (Å²) in [6, 6.07) is 0. The minimum Gasteiger partial charge on any atom is -0.390 e. The van der Waals surface area contributed by atoms with Gasteiger partial charge in [-0.25, -0.2) is 0 Å². The minimum atomic E-state index is -9.41. The van der Waals surface area contributed by atoms with E-state index >= 15 is 0 Å². The number of hydrogen-bond acceptors (Lipinski definition) is 1. The van der Waals surface area contributed by atoms with E-state index in [9.17, 15) is 101 Å². The zero-order chi connectivity index (χ0) is 30.2. The summed E-state index contributed by atoms with van der Waals surface area (Å²) in [6.45, 7) is -3.69. The van der Waals surface area contributed by atoms with Crippen LogP contribution in [0, 0.1) is 0 Å². The van der Waals surface area contributed by atoms with Gasteiger partial charge in [-0.15, -0.1) is 0 Å². The molecule has 0 aliphatic rings. The highest BCUT2D eigenvalue weighted by Crippen LogP contribution is 2.66. The summed E-state index contributed by atoms with van der Waals surface area (Å²) in [5.74, 6) is -88.0. The fourth-order valence-electron chi connectivity index (χ4n) is 1.89. The molecule has 0 fully saturated rings. The van der Waals surface area contributed by atoms with Crippen molar-refractivity contribution >= 4 is 0 Å². The molecule has 218 valence electrons. The van der Waals surface area contributed by atoms with Crippen molar-refractivity contribution < 1.29 is 106 Å². The smallest absolute Gasteiger partial charge is 0.390 e. The molecule has 0 rings (SSSR count).